The topological polar surface area (TPSA) is 57.7 Å². The lowest BCUT2D eigenvalue weighted by Gasteiger charge is -2.35. The van der Waals surface area contributed by atoms with Gasteiger partial charge in [-0.25, -0.2) is 4.98 Å². The van der Waals surface area contributed by atoms with Gasteiger partial charge in [0.25, 0.3) is 0 Å². The van der Waals surface area contributed by atoms with E-state index in [1.165, 1.54) is 11.3 Å². The van der Waals surface area contributed by atoms with Crippen LogP contribution in [0.2, 0.25) is 0 Å². The Balaban J connectivity index is 1.58. The molecule has 0 saturated carbocycles. The fourth-order valence-electron chi connectivity index (χ4n) is 3.42. The summed E-state index contributed by atoms with van der Waals surface area (Å²) in [5.41, 5.74) is 4.05. The maximum atomic E-state index is 12.4. The first kappa shape index (κ1) is 20.8. The summed E-state index contributed by atoms with van der Waals surface area (Å²) in [6.45, 7) is 10.9. The van der Waals surface area contributed by atoms with Crippen molar-refractivity contribution in [1.29, 1.82) is 0 Å². The molecule has 152 valence electrons. The van der Waals surface area contributed by atoms with E-state index in [9.17, 15) is 4.79 Å². The quantitative estimate of drug-likeness (QED) is 0.768. The standard InChI is InChI=1S/C21H30N4O2S/c1-5-27-16(3)21-23-18(14-28-21)13-20(26)22-17-6-7-19(15(2)12-17)25-10-8-24(4)9-11-25/h6-7,12,14,16H,5,8-11,13H2,1-4H3,(H,22,26). The van der Waals surface area contributed by atoms with Gasteiger partial charge in [-0.3, -0.25) is 4.79 Å². The molecule has 1 aliphatic heterocycles. The maximum Gasteiger partial charge on any atom is 0.230 e. The molecule has 0 radical (unpaired) electrons. The van der Waals surface area contributed by atoms with E-state index in [4.69, 9.17) is 4.74 Å². The molecule has 28 heavy (non-hydrogen) atoms. The van der Waals surface area contributed by atoms with Crippen molar-refractivity contribution in [1.82, 2.24) is 9.88 Å². The SMILES string of the molecule is CCOC(C)c1nc(CC(=O)Nc2ccc(N3CCN(C)CC3)c(C)c2)cs1. The number of nitrogens with one attached hydrogen (secondary N) is 1. The molecule has 0 aliphatic carbocycles. The van der Waals surface area contributed by atoms with E-state index in [1.807, 2.05) is 25.3 Å². The first-order valence-electron chi connectivity index (χ1n) is 9.86. The number of hydrogen-bond donors (Lipinski definition) is 1. The number of likely N-dealkylation sites (N-methyl/N-ethyl adjacent to an activating group) is 1. The van der Waals surface area contributed by atoms with Gasteiger partial charge in [-0.05, 0) is 51.6 Å². The molecule has 1 aromatic carbocycles. The van der Waals surface area contributed by atoms with Crippen LogP contribution in [0, 0.1) is 6.92 Å². The number of carbonyl (C=O) groups is 1. The van der Waals surface area contributed by atoms with Crippen LogP contribution >= 0.6 is 11.3 Å². The van der Waals surface area contributed by atoms with E-state index in [-0.39, 0.29) is 18.4 Å². The van der Waals surface area contributed by atoms with Crippen molar-refractivity contribution in [3.8, 4) is 0 Å². The predicted molar refractivity (Wildman–Crippen MR) is 115 cm³/mol. The summed E-state index contributed by atoms with van der Waals surface area (Å²) in [6.07, 6.45) is 0.241. The minimum Gasteiger partial charge on any atom is -0.372 e. The lowest BCUT2D eigenvalue weighted by molar-refractivity contribution is -0.115. The average molecular weight is 403 g/mol. The zero-order valence-electron chi connectivity index (χ0n) is 17.2. The number of rotatable bonds is 7. The number of hydrogen-bond acceptors (Lipinski definition) is 6. The van der Waals surface area contributed by atoms with Gasteiger partial charge in [-0.15, -0.1) is 11.3 Å². The molecule has 1 fully saturated rings. The number of amides is 1. The van der Waals surface area contributed by atoms with Crippen molar-refractivity contribution >= 4 is 28.6 Å². The van der Waals surface area contributed by atoms with Gasteiger partial charge in [0.2, 0.25) is 5.91 Å². The number of piperazine rings is 1. The Kier molecular flexibility index (Phi) is 7.04. The van der Waals surface area contributed by atoms with Gasteiger partial charge in [0.15, 0.2) is 0 Å². The molecule has 1 amide bonds. The molecule has 2 aromatic rings. The molecule has 1 aromatic heterocycles. The average Bonchev–Trinajstić information content (AvgIpc) is 3.11. The zero-order chi connectivity index (χ0) is 20.1. The Bertz CT molecular complexity index is 799. The van der Waals surface area contributed by atoms with E-state index in [1.54, 1.807) is 11.3 Å². The third-order valence-corrected chi connectivity index (χ3v) is 6.05. The Morgan fingerprint density at radius 3 is 2.75 bits per heavy atom. The van der Waals surface area contributed by atoms with Crippen LogP contribution in [0.15, 0.2) is 23.6 Å². The lowest BCUT2D eigenvalue weighted by atomic mass is 10.1. The van der Waals surface area contributed by atoms with Gasteiger partial charge >= 0.3 is 0 Å². The second-order valence-corrected chi connectivity index (χ2v) is 8.18. The number of carbonyl (C=O) groups excluding carboxylic acids is 1. The van der Waals surface area contributed by atoms with Crippen LogP contribution in [-0.4, -0.2) is 55.6 Å². The summed E-state index contributed by atoms with van der Waals surface area (Å²) in [7, 11) is 2.16. The normalized spacial score (nSPS) is 16.2. The van der Waals surface area contributed by atoms with Crippen molar-refractivity contribution in [3.05, 3.63) is 39.8 Å². The number of benzene rings is 1. The van der Waals surface area contributed by atoms with Crippen LogP contribution in [0.4, 0.5) is 11.4 Å². The molecular formula is C21H30N4O2S. The Morgan fingerprint density at radius 2 is 2.07 bits per heavy atom. The van der Waals surface area contributed by atoms with Crippen LogP contribution in [0.5, 0.6) is 0 Å². The summed E-state index contributed by atoms with van der Waals surface area (Å²) >= 11 is 1.54. The van der Waals surface area contributed by atoms with Gasteiger partial charge in [0.1, 0.15) is 11.1 Å². The minimum absolute atomic E-state index is 0.0309. The number of anilines is 2. The fourth-order valence-corrected chi connectivity index (χ4v) is 4.24. The van der Waals surface area contributed by atoms with Crippen LogP contribution in [0.1, 0.15) is 36.2 Å². The summed E-state index contributed by atoms with van der Waals surface area (Å²) in [5.74, 6) is -0.0485. The van der Waals surface area contributed by atoms with Gasteiger partial charge < -0.3 is 19.9 Å². The zero-order valence-corrected chi connectivity index (χ0v) is 18.0. The van der Waals surface area contributed by atoms with Crippen molar-refractivity contribution in [2.75, 3.05) is 50.1 Å². The molecule has 6 nitrogen and oxygen atoms in total. The number of ether oxygens (including phenoxy) is 1. The van der Waals surface area contributed by atoms with Gasteiger partial charge in [-0.1, -0.05) is 0 Å². The highest BCUT2D eigenvalue weighted by Crippen LogP contribution is 2.25. The summed E-state index contributed by atoms with van der Waals surface area (Å²) < 4.78 is 5.56. The maximum absolute atomic E-state index is 12.4. The van der Waals surface area contributed by atoms with Crippen LogP contribution < -0.4 is 10.2 Å². The van der Waals surface area contributed by atoms with E-state index < -0.39 is 0 Å². The van der Waals surface area contributed by atoms with Gasteiger partial charge in [0.05, 0.1) is 12.1 Å². The molecular weight excluding hydrogens is 372 g/mol. The highest BCUT2D eigenvalue weighted by atomic mass is 32.1. The fraction of sp³-hybridized carbons (Fsp3) is 0.524. The van der Waals surface area contributed by atoms with E-state index in [0.717, 1.165) is 42.6 Å². The molecule has 1 saturated heterocycles. The van der Waals surface area contributed by atoms with Crippen molar-refractivity contribution in [2.24, 2.45) is 0 Å². The molecule has 1 N–H and O–H groups in total. The lowest BCUT2D eigenvalue weighted by Crippen LogP contribution is -2.44. The van der Waals surface area contributed by atoms with Crippen LogP contribution in [0.3, 0.4) is 0 Å². The number of thiazole rings is 1. The van der Waals surface area contributed by atoms with E-state index >= 15 is 0 Å². The monoisotopic (exact) mass is 402 g/mol. The molecule has 0 spiro atoms. The molecule has 1 unspecified atom stereocenters. The third-order valence-electron chi connectivity index (χ3n) is 5.00. The second kappa shape index (κ2) is 9.49. The molecule has 1 atom stereocenters. The number of aryl methyl sites for hydroxylation is 1. The van der Waals surface area contributed by atoms with Crippen LogP contribution in [-0.2, 0) is 16.0 Å². The Hall–Kier alpha value is -1.96. The first-order valence-corrected chi connectivity index (χ1v) is 10.7. The smallest absolute Gasteiger partial charge is 0.230 e. The summed E-state index contributed by atoms with van der Waals surface area (Å²) in [4.78, 5) is 21.7. The molecule has 3 rings (SSSR count). The highest BCUT2D eigenvalue weighted by Gasteiger charge is 2.17. The Morgan fingerprint density at radius 1 is 1.32 bits per heavy atom. The Labute approximate surface area is 171 Å². The largest absolute Gasteiger partial charge is 0.372 e. The number of nitrogens with zero attached hydrogens (tertiary/aromatic N) is 3. The van der Waals surface area contributed by atoms with E-state index in [2.05, 4.69) is 46.2 Å². The van der Waals surface area contributed by atoms with Crippen molar-refractivity contribution < 1.29 is 9.53 Å². The van der Waals surface area contributed by atoms with Crippen molar-refractivity contribution in [2.45, 2.75) is 33.3 Å². The summed E-state index contributed by atoms with van der Waals surface area (Å²) in [6, 6.07) is 6.15. The van der Waals surface area contributed by atoms with Gasteiger partial charge in [-0.2, -0.15) is 0 Å². The summed E-state index contributed by atoms with van der Waals surface area (Å²) in [5, 5.41) is 5.85. The third kappa shape index (κ3) is 5.31. The highest BCUT2D eigenvalue weighted by molar-refractivity contribution is 7.09. The van der Waals surface area contributed by atoms with Crippen LogP contribution in [0.25, 0.3) is 0 Å². The second-order valence-electron chi connectivity index (χ2n) is 7.29. The predicted octanol–water partition coefficient (Wildman–Crippen LogP) is 3.48. The number of aromatic nitrogens is 1. The molecule has 1 aliphatic rings. The molecule has 0 bridgehead atoms. The molecule has 7 heteroatoms. The first-order chi connectivity index (χ1) is 13.5. The van der Waals surface area contributed by atoms with Crippen molar-refractivity contribution in [3.63, 3.8) is 0 Å². The molecule has 2 heterocycles. The van der Waals surface area contributed by atoms with E-state index in [0.29, 0.717) is 6.61 Å². The van der Waals surface area contributed by atoms with Gasteiger partial charge in [0, 0.05) is 49.5 Å². The minimum atomic E-state index is -0.0485.